The summed E-state index contributed by atoms with van der Waals surface area (Å²) in [6.07, 6.45) is 1.16. The number of carbonyl (C=O) groups excluding carboxylic acids is 1. The van der Waals surface area contributed by atoms with Gasteiger partial charge in [0.15, 0.2) is 0 Å². The Labute approximate surface area is 139 Å². The summed E-state index contributed by atoms with van der Waals surface area (Å²) in [6.45, 7) is 2.94. The Hall–Kier alpha value is -2.00. The van der Waals surface area contributed by atoms with E-state index in [9.17, 15) is 27.5 Å². The summed E-state index contributed by atoms with van der Waals surface area (Å²) in [5.41, 5.74) is -0.263. The highest BCUT2D eigenvalue weighted by Crippen LogP contribution is 2.30. The number of nitrogens with one attached hydrogen (secondary N) is 1. The van der Waals surface area contributed by atoms with E-state index < -0.39 is 33.8 Å². The smallest absolute Gasteiger partial charge is 0.322 e. The maximum Gasteiger partial charge on any atom is 0.322 e. The van der Waals surface area contributed by atoms with Crippen LogP contribution in [0.5, 0.6) is 0 Å². The first-order valence-electron chi connectivity index (χ1n) is 7.46. The first kappa shape index (κ1) is 18.3. The van der Waals surface area contributed by atoms with Gasteiger partial charge in [0.25, 0.3) is 0 Å². The van der Waals surface area contributed by atoms with Crippen molar-refractivity contribution in [1.29, 1.82) is 0 Å². The molecule has 24 heavy (non-hydrogen) atoms. The molecule has 1 aromatic rings. The number of hydrogen-bond acceptors (Lipinski definition) is 4. The highest BCUT2D eigenvalue weighted by Gasteiger charge is 2.41. The van der Waals surface area contributed by atoms with Crippen LogP contribution in [0.4, 0.5) is 10.1 Å². The standard InChI is InChI=1S/C15H19FN2O5S/c1-9-4-3-7-18(14(9)15(20)21)24(22,23)11-5-6-12(16)13(8-11)17-10(2)19/h5-6,8-9,14H,3-4,7H2,1-2H3,(H,17,19)(H,20,21). The Morgan fingerprint density at radius 3 is 2.62 bits per heavy atom. The highest BCUT2D eigenvalue weighted by atomic mass is 32.2. The van der Waals surface area contributed by atoms with Gasteiger partial charge in [-0.3, -0.25) is 9.59 Å². The van der Waals surface area contributed by atoms with E-state index in [0.717, 1.165) is 22.5 Å². The number of aliphatic carboxylic acids is 1. The number of carboxylic acids is 1. The van der Waals surface area contributed by atoms with Crippen LogP contribution in [0.3, 0.4) is 0 Å². The van der Waals surface area contributed by atoms with Gasteiger partial charge in [-0.05, 0) is 37.0 Å². The number of carbonyl (C=O) groups is 2. The van der Waals surface area contributed by atoms with Crippen LogP contribution in [-0.4, -0.2) is 42.3 Å². The molecule has 0 aliphatic carbocycles. The van der Waals surface area contributed by atoms with Crippen molar-refractivity contribution in [1.82, 2.24) is 4.31 Å². The summed E-state index contributed by atoms with van der Waals surface area (Å²) < 4.78 is 40.3. The van der Waals surface area contributed by atoms with Crippen LogP contribution in [-0.2, 0) is 19.6 Å². The second-order valence-electron chi connectivity index (χ2n) is 5.84. The monoisotopic (exact) mass is 358 g/mol. The topological polar surface area (TPSA) is 104 Å². The van der Waals surface area contributed by atoms with Gasteiger partial charge in [-0.25, -0.2) is 12.8 Å². The largest absolute Gasteiger partial charge is 0.480 e. The summed E-state index contributed by atoms with van der Waals surface area (Å²) in [7, 11) is -4.13. The SMILES string of the molecule is CC(=O)Nc1cc(S(=O)(=O)N2CCCC(C)C2C(=O)O)ccc1F. The van der Waals surface area contributed by atoms with Gasteiger partial charge in [-0.1, -0.05) is 6.92 Å². The number of nitrogens with zero attached hydrogens (tertiary/aromatic N) is 1. The summed E-state index contributed by atoms with van der Waals surface area (Å²) in [6, 6.07) is 1.83. The predicted octanol–water partition coefficient (Wildman–Crippen LogP) is 1.66. The number of amides is 1. The van der Waals surface area contributed by atoms with E-state index in [-0.39, 0.29) is 23.0 Å². The third kappa shape index (κ3) is 3.57. The third-order valence-corrected chi connectivity index (χ3v) is 5.87. The molecular weight excluding hydrogens is 339 g/mol. The van der Waals surface area contributed by atoms with E-state index in [1.807, 2.05) is 0 Å². The molecule has 2 rings (SSSR count). The molecule has 0 aromatic heterocycles. The number of hydrogen-bond donors (Lipinski definition) is 2. The molecule has 2 N–H and O–H groups in total. The molecule has 2 unspecified atom stereocenters. The van der Waals surface area contributed by atoms with Gasteiger partial charge in [-0.15, -0.1) is 0 Å². The van der Waals surface area contributed by atoms with Crippen molar-refractivity contribution in [3.05, 3.63) is 24.0 Å². The van der Waals surface area contributed by atoms with Gasteiger partial charge in [0.05, 0.1) is 10.6 Å². The van der Waals surface area contributed by atoms with Gasteiger partial charge in [0.1, 0.15) is 11.9 Å². The van der Waals surface area contributed by atoms with Crippen molar-refractivity contribution in [2.45, 2.75) is 37.6 Å². The quantitative estimate of drug-likeness (QED) is 0.852. The average molecular weight is 358 g/mol. The van der Waals surface area contributed by atoms with Crippen LogP contribution in [0.25, 0.3) is 0 Å². The lowest BCUT2D eigenvalue weighted by atomic mass is 9.93. The van der Waals surface area contributed by atoms with Crippen molar-refractivity contribution in [3.8, 4) is 0 Å². The Kier molecular flexibility index (Phi) is 5.24. The Morgan fingerprint density at radius 1 is 1.38 bits per heavy atom. The molecule has 9 heteroatoms. The summed E-state index contributed by atoms with van der Waals surface area (Å²) >= 11 is 0. The van der Waals surface area contributed by atoms with E-state index in [0.29, 0.717) is 12.8 Å². The molecule has 1 heterocycles. The van der Waals surface area contributed by atoms with Crippen LogP contribution in [0.15, 0.2) is 23.1 Å². The summed E-state index contributed by atoms with van der Waals surface area (Å²) in [5, 5.41) is 11.6. The molecule has 1 aliphatic rings. The molecule has 0 spiro atoms. The average Bonchev–Trinajstić information content (AvgIpc) is 2.48. The van der Waals surface area contributed by atoms with Gasteiger partial charge < -0.3 is 10.4 Å². The van der Waals surface area contributed by atoms with Gasteiger partial charge >= 0.3 is 5.97 Å². The van der Waals surface area contributed by atoms with Gasteiger partial charge in [0.2, 0.25) is 15.9 Å². The van der Waals surface area contributed by atoms with Crippen LogP contribution < -0.4 is 5.32 Å². The fourth-order valence-electron chi connectivity index (χ4n) is 2.87. The predicted molar refractivity (Wildman–Crippen MR) is 84.4 cm³/mol. The van der Waals surface area contributed by atoms with E-state index in [1.54, 1.807) is 6.92 Å². The first-order valence-corrected chi connectivity index (χ1v) is 8.90. The van der Waals surface area contributed by atoms with Crippen molar-refractivity contribution in [2.24, 2.45) is 5.92 Å². The molecule has 1 saturated heterocycles. The van der Waals surface area contributed by atoms with E-state index in [1.165, 1.54) is 6.92 Å². The number of benzene rings is 1. The maximum atomic E-state index is 13.7. The molecule has 2 atom stereocenters. The number of sulfonamides is 1. The Morgan fingerprint density at radius 2 is 2.04 bits per heavy atom. The molecule has 7 nitrogen and oxygen atoms in total. The molecule has 1 fully saturated rings. The van der Waals surface area contributed by atoms with Crippen molar-refractivity contribution >= 4 is 27.6 Å². The van der Waals surface area contributed by atoms with Crippen LogP contribution >= 0.6 is 0 Å². The minimum Gasteiger partial charge on any atom is -0.480 e. The lowest BCUT2D eigenvalue weighted by Gasteiger charge is -2.36. The normalized spacial score (nSPS) is 22.1. The minimum absolute atomic E-state index is 0.0798. The number of anilines is 1. The number of rotatable bonds is 4. The lowest BCUT2D eigenvalue weighted by Crippen LogP contribution is -2.51. The third-order valence-electron chi connectivity index (χ3n) is 4.00. The minimum atomic E-state index is -4.13. The van der Waals surface area contributed by atoms with Gasteiger partial charge in [0, 0.05) is 13.5 Å². The number of halogens is 1. The van der Waals surface area contributed by atoms with E-state index >= 15 is 0 Å². The van der Waals surface area contributed by atoms with Crippen LogP contribution in [0.1, 0.15) is 26.7 Å². The molecule has 132 valence electrons. The zero-order chi connectivity index (χ0) is 18.1. The van der Waals surface area contributed by atoms with Crippen LogP contribution in [0, 0.1) is 11.7 Å². The molecule has 1 amide bonds. The Bertz CT molecular complexity index is 765. The molecule has 0 bridgehead atoms. The van der Waals surface area contributed by atoms with Crippen LogP contribution in [0.2, 0.25) is 0 Å². The van der Waals surface area contributed by atoms with Crippen molar-refractivity contribution in [3.63, 3.8) is 0 Å². The molecule has 0 saturated carbocycles. The first-order chi connectivity index (χ1) is 11.1. The zero-order valence-corrected chi connectivity index (χ0v) is 14.1. The maximum absolute atomic E-state index is 13.7. The second kappa shape index (κ2) is 6.86. The fourth-order valence-corrected chi connectivity index (χ4v) is 4.62. The van der Waals surface area contributed by atoms with E-state index in [4.69, 9.17) is 0 Å². The second-order valence-corrected chi connectivity index (χ2v) is 7.73. The number of carboxylic acid groups (broad SMARTS) is 1. The van der Waals surface area contributed by atoms with Crippen molar-refractivity contribution < 1.29 is 27.5 Å². The molecule has 1 aliphatic heterocycles. The van der Waals surface area contributed by atoms with Crippen molar-refractivity contribution in [2.75, 3.05) is 11.9 Å². The van der Waals surface area contributed by atoms with E-state index in [2.05, 4.69) is 5.32 Å². The molecule has 0 radical (unpaired) electrons. The fraction of sp³-hybridized carbons (Fsp3) is 0.467. The summed E-state index contributed by atoms with van der Waals surface area (Å²) in [5.74, 6) is -2.86. The molecule has 1 aromatic carbocycles. The van der Waals surface area contributed by atoms with Gasteiger partial charge in [-0.2, -0.15) is 4.31 Å². The Balaban J connectivity index is 2.45. The molecular formula is C15H19FN2O5S. The zero-order valence-electron chi connectivity index (χ0n) is 13.3. The lowest BCUT2D eigenvalue weighted by molar-refractivity contribution is -0.144. The number of piperidine rings is 1. The summed E-state index contributed by atoms with van der Waals surface area (Å²) in [4.78, 5) is 22.3. The highest BCUT2D eigenvalue weighted by molar-refractivity contribution is 7.89.